The molecule has 2 aromatic carbocycles. The summed E-state index contributed by atoms with van der Waals surface area (Å²) in [6, 6.07) is 11.6. The molecule has 0 saturated carbocycles. The molecule has 0 aromatic heterocycles. The molecule has 2 rings (SSSR count). The van der Waals surface area contributed by atoms with Crippen LogP contribution in [-0.4, -0.2) is 0 Å². The first-order chi connectivity index (χ1) is 8.97. The summed E-state index contributed by atoms with van der Waals surface area (Å²) < 4.78 is 13.7. The molecule has 0 amide bonds. The maximum absolute atomic E-state index is 13.2. The van der Waals surface area contributed by atoms with Crippen molar-refractivity contribution in [3.8, 4) is 0 Å². The molecule has 0 heterocycles. The van der Waals surface area contributed by atoms with Crippen LogP contribution in [0, 0.1) is 19.7 Å². The Balaban J connectivity index is 2.22. The van der Waals surface area contributed by atoms with E-state index >= 15 is 0 Å². The molecule has 0 aliphatic rings. The van der Waals surface area contributed by atoms with Gasteiger partial charge in [-0.2, -0.15) is 0 Å². The first-order valence-corrected chi connectivity index (χ1v) is 7.05. The number of hydrogen-bond donors (Lipinski definition) is 1. The van der Waals surface area contributed by atoms with Gasteiger partial charge < -0.3 is 5.32 Å². The van der Waals surface area contributed by atoms with Crippen LogP contribution < -0.4 is 5.32 Å². The minimum absolute atomic E-state index is 0.178. The molecule has 1 unspecified atom stereocenters. The van der Waals surface area contributed by atoms with Crippen LogP contribution in [0.4, 0.5) is 10.1 Å². The Hall–Kier alpha value is -1.35. The molecule has 19 heavy (non-hydrogen) atoms. The molecule has 0 spiro atoms. The van der Waals surface area contributed by atoms with Crippen LogP contribution in [0.15, 0.2) is 40.9 Å². The van der Waals surface area contributed by atoms with Crippen molar-refractivity contribution >= 4 is 21.6 Å². The fourth-order valence-corrected chi connectivity index (χ4v) is 2.52. The summed E-state index contributed by atoms with van der Waals surface area (Å²) in [6.07, 6.45) is 0. The van der Waals surface area contributed by atoms with Crippen molar-refractivity contribution in [2.45, 2.75) is 26.8 Å². The third-order valence-corrected chi connectivity index (χ3v) is 3.81. The second-order valence-electron chi connectivity index (χ2n) is 4.85. The van der Waals surface area contributed by atoms with Crippen molar-refractivity contribution in [3.63, 3.8) is 0 Å². The van der Waals surface area contributed by atoms with Crippen molar-refractivity contribution < 1.29 is 4.39 Å². The number of benzene rings is 2. The van der Waals surface area contributed by atoms with Crippen LogP contribution in [0.1, 0.15) is 29.7 Å². The zero-order valence-corrected chi connectivity index (χ0v) is 12.9. The monoisotopic (exact) mass is 321 g/mol. The van der Waals surface area contributed by atoms with Crippen LogP contribution in [0.2, 0.25) is 0 Å². The quantitative estimate of drug-likeness (QED) is 0.800. The lowest BCUT2D eigenvalue weighted by Crippen LogP contribution is -2.08. The highest BCUT2D eigenvalue weighted by Crippen LogP contribution is 2.26. The summed E-state index contributed by atoms with van der Waals surface area (Å²) in [4.78, 5) is 0. The van der Waals surface area contributed by atoms with E-state index in [2.05, 4.69) is 60.2 Å². The molecule has 1 nitrogen and oxygen atoms in total. The van der Waals surface area contributed by atoms with Crippen molar-refractivity contribution in [2.75, 3.05) is 5.32 Å². The van der Waals surface area contributed by atoms with E-state index < -0.39 is 0 Å². The lowest BCUT2D eigenvalue weighted by molar-refractivity contribution is 0.621. The van der Waals surface area contributed by atoms with Crippen molar-refractivity contribution in [1.82, 2.24) is 0 Å². The number of anilines is 1. The van der Waals surface area contributed by atoms with Gasteiger partial charge in [-0.15, -0.1) is 0 Å². The van der Waals surface area contributed by atoms with Gasteiger partial charge >= 0.3 is 0 Å². The van der Waals surface area contributed by atoms with Crippen LogP contribution >= 0.6 is 15.9 Å². The molecular formula is C16H17BrFN. The van der Waals surface area contributed by atoms with E-state index in [0.29, 0.717) is 4.47 Å². The van der Waals surface area contributed by atoms with E-state index in [1.54, 1.807) is 12.1 Å². The Morgan fingerprint density at radius 2 is 1.84 bits per heavy atom. The van der Waals surface area contributed by atoms with Gasteiger partial charge in [-0.1, -0.05) is 23.8 Å². The van der Waals surface area contributed by atoms with E-state index in [-0.39, 0.29) is 11.9 Å². The van der Waals surface area contributed by atoms with Crippen LogP contribution in [-0.2, 0) is 0 Å². The number of aryl methyl sites for hydroxylation is 2. The largest absolute Gasteiger partial charge is 0.378 e. The lowest BCUT2D eigenvalue weighted by Gasteiger charge is -2.18. The Morgan fingerprint density at radius 1 is 1.11 bits per heavy atom. The zero-order chi connectivity index (χ0) is 14.0. The molecule has 100 valence electrons. The Bertz CT molecular complexity index is 595. The Kier molecular flexibility index (Phi) is 4.25. The van der Waals surface area contributed by atoms with Gasteiger partial charge in [0.1, 0.15) is 5.82 Å². The van der Waals surface area contributed by atoms with Crippen molar-refractivity contribution in [1.29, 1.82) is 0 Å². The highest BCUT2D eigenvalue weighted by Gasteiger charge is 2.09. The molecule has 0 saturated heterocycles. The number of hydrogen-bond acceptors (Lipinski definition) is 1. The summed E-state index contributed by atoms with van der Waals surface area (Å²) >= 11 is 3.20. The maximum atomic E-state index is 13.2. The van der Waals surface area contributed by atoms with Crippen LogP contribution in [0.25, 0.3) is 0 Å². The molecule has 0 bridgehead atoms. The SMILES string of the molecule is Cc1ccc(C)c(C(C)Nc2ccc(F)c(Br)c2)c1. The average molecular weight is 322 g/mol. The molecule has 0 radical (unpaired) electrons. The average Bonchev–Trinajstić information content (AvgIpc) is 2.36. The number of nitrogens with one attached hydrogen (secondary N) is 1. The molecule has 0 fully saturated rings. The van der Waals surface area contributed by atoms with Crippen molar-refractivity contribution in [3.05, 3.63) is 63.4 Å². The normalized spacial score (nSPS) is 12.3. The van der Waals surface area contributed by atoms with Crippen LogP contribution in [0.3, 0.4) is 0 Å². The van der Waals surface area contributed by atoms with E-state index in [1.165, 1.54) is 22.8 Å². The molecule has 2 aromatic rings. The first-order valence-electron chi connectivity index (χ1n) is 6.26. The molecule has 1 atom stereocenters. The highest BCUT2D eigenvalue weighted by atomic mass is 79.9. The molecule has 0 aliphatic heterocycles. The fraction of sp³-hybridized carbons (Fsp3) is 0.250. The van der Waals surface area contributed by atoms with E-state index in [1.807, 2.05) is 0 Å². The van der Waals surface area contributed by atoms with E-state index in [4.69, 9.17) is 0 Å². The summed E-state index contributed by atoms with van der Waals surface area (Å²) in [6.45, 7) is 6.30. The first kappa shape index (κ1) is 14.1. The minimum Gasteiger partial charge on any atom is -0.378 e. The smallest absolute Gasteiger partial charge is 0.137 e. The van der Waals surface area contributed by atoms with Gasteiger partial charge in [0.2, 0.25) is 0 Å². The third kappa shape index (κ3) is 3.35. The Labute approximate surface area is 122 Å². The molecule has 0 aliphatic carbocycles. The third-order valence-electron chi connectivity index (χ3n) is 3.20. The molecule has 3 heteroatoms. The van der Waals surface area contributed by atoms with Gasteiger partial charge in [0, 0.05) is 11.7 Å². The predicted octanol–water partition coefficient (Wildman–Crippen LogP) is 5.38. The second-order valence-corrected chi connectivity index (χ2v) is 5.71. The molecule has 1 N–H and O–H groups in total. The number of rotatable bonds is 3. The van der Waals surface area contributed by atoms with Crippen molar-refractivity contribution in [2.24, 2.45) is 0 Å². The maximum Gasteiger partial charge on any atom is 0.137 e. The van der Waals surface area contributed by atoms with Gasteiger partial charge in [-0.3, -0.25) is 0 Å². The standard InChI is InChI=1S/C16H17BrFN/c1-10-4-5-11(2)14(8-10)12(3)19-13-6-7-16(18)15(17)9-13/h4-9,12,19H,1-3H3. The summed E-state index contributed by atoms with van der Waals surface area (Å²) in [5.74, 6) is -0.245. The lowest BCUT2D eigenvalue weighted by atomic mass is 10.00. The summed E-state index contributed by atoms with van der Waals surface area (Å²) in [7, 11) is 0. The predicted molar refractivity (Wildman–Crippen MR) is 82.1 cm³/mol. The summed E-state index contributed by atoms with van der Waals surface area (Å²) in [5.41, 5.74) is 4.67. The van der Waals surface area contributed by atoms with Gasteiger partial charge in [-0.25, -0.2) is 4.39 Å². The zero-order valence-electron chi connectivity index (χ0n) is 11.3. The van der Waals surface area contributed by atoms with Gasteiger partial charge in [0.05, 0.1) is 4.47 Å². The summed E-state index contributed by atoms with van der Waals surface area (Å²) in [5, 5.41) is 3.40. The van der Waals surface area contributed by atoms with Gasteiger partial charge in [-0.05, 0) is 66.0 Å². The van der Waals surface area contributed by atoms with Crippen LogP contribution in [0.5, 0.6) is 0 Å². The minimum atomic E-state index is -0.245. The Morgan fingerprint density at radius 3 is 2.53 bits per heavy atom. The second kappa shape index (κ2) is 5.74. The fourth-order valence-electron chi connectivity index (χ4n) is 2.14. The molecular weight excluding hydrogens is 305 g/mol. The highest BCUT2D eigenvalue weighted by molar-refractivity contribution is 9.10. The van der Waals surface area contributed by atoms with E-state index in [9.17, 15) is 4.39 Å². The van der Waals surface area contributed by atoms with E-state index in [0.717, 1.165) is 5.69 Å². The van der Waals surface area contributed by atoms with Gasteiger partial charge in [0.25, 0.3) is 0 Å². The van der Waals surface area contributed by atoms with Gasteiger partial charge in [0.15, 0.2) is 0 Å². The number of halogens is 2. The topological polar surface area (TPSA) is 12.0 Å².